The Balaban J connectivity index is 1.59. The Bertz CT molecular complexity index is 573. The van der Waals surface area contributed by atoms with Crippen LogP contribution < -0.4 is 5.32 Å². The average molecular weight is 260 g/mol. The van der Waals surface area contributed by atoms with Crippen LogP contribution in [0.5, 0.6) is 0 Å². The lowest BCUT2D eigenvalue weighted by Gasteiger charge is -2.08. The zero-order valence-electron chi connectivity index (χ0n) is 10.6. The monoisotopic (exact) mass is 260 g/mol. The SMILES string of the molecule is O=C(Cc1noc2ccccc12)NC[C@@H]1CCOC1. The molecular formula is C14H16N2O3. The van der Waals surface area contributed by atoms with Gasteiger partial charge in [-0.3, -0.25) is 4.79 Å². The van der Waals surface area contributed by atoms with Crippen molar-refractivity contribution in [3.63, 3.8) is 0 Å². The summed E-state index contributed by atoms with van der Waals surface area (Å²) in [5.74, 6) is 0.420. The van der Waals surface area contributed by atoms with Gasteiger partial charge in [0, 0.05) is 24.5 Å². The van der Waals surface area contributed by atoms with Crippen molar-refractivity contribution in [2.24, 2.45) is 5.92 Å². The molecule has 2 heterocycles. The predicted octanol–water partition coefficient (Wildman–Crippen LogP) is 1.52. The fourth-order valence-corrected chi connectivity index (χ4v) is 2.28. The highest BCUT2D eigenvalue weighted by Crippen LogP contribution is 2.18. The molecule has 0 spiro atoms. The molecule has 0 aliphatic carbocycles. The molecule has 0 saturated carbocycles. The van der Waals surface area contributed by atoms with Crippen molar-refractivity contribution in [3.05, 3.63) is 30.0 Å². The number of benzene rings is 1. The van der Waals surface area contributed by atoms with Crippen LogP contribution in [0.25, 0.3) is 11.0 Å². The Kier molecular flexibility index (Phi) is 3.46. The first-order valence-corrected chi connectivity index (χ1v) is 6.50. The van der Waals surface area contributed by atoms with Gasteiger partial charge >= 0.3 is 0 Å². The number of fused-ring (bicyclic) bond motifs is 1. The van der Waals surface area contributed by atoms with Crippen molar-refractivity contribution in [3.8, 4) is 0 Å². The summed E-state index contributed by atoms with van der Waals surface area (Å²) in [6.45, 7) is 2.22. The zero-order chi connectivity index (χ0) is 13.1. The van der Waals surface area contributed by atoms with Crippen LogP contribution in [-0.4, -0.2) is 30.8 Å². The molecule has 0 bridgehead atoms. The third-order valence-electron chi connectivity index (χ3n) is 3.39. The summed E-state index contributed by atoms with van der Waals surface area (Å²) in [6.07, 6.45) is 1.28. The van der Waals surface area contributed by atoms with E-state index in [1.807, 2.05) is 24.3 Å². The van der Waals surface area contributed by atoms with Crippen molar-refractivity contribution in [2.75, 3.05) is 19.8 Å². The van der Waals surface area contributed by atoms with Crippen molar-refractivity contribution in [2.45, 2.75) is 12.8 Å². The first-order valence-electron chi connectivity index (χ1n) is 6.50. The molecule has 1 aromatic carbocycles. The minimum Gasteiger partial charge on any atom is -0.381 e. The van der Waals surface area contributed by atoms with E-state index < -0.39 is 0 Å². The standard InChI is InChI=1S/C14H16N2O3/c17-14(15-8-10-5-6-18-9-10)7-12-11-3-1-2-4-13(11)19-16-12/h1-4,10H,5-9H2,(H,15,17)/t10-/m0/s1. The third-order valence-corrected chi connectivity index (χ3v) is 3.39. The molecule has 1 fully saturated rings. The molecular weight excluding hydrogens is 244 g/mol. The van der Waals surface area contributed by atoms with E-state index in [4.69, 9.17) is 9.26 Å². The molecule has 1 aliphatic heterocycles. The Morgan fingerprint density at radius 1 is 1.42 bits per heavy atom. The summed E-state index contributed by atoms with van der Waals surface area (Å²) < 4.78 is 10.5. The quantitative estimate of drug-likeness (QED) is 0.905. The van der Waals surface area contributed by atoms with E-state index in [1.54, 1.807) is 0 Å². The van der Waals surface area contributed by atoms with Crippen LogP contribution in [0.1, 0.15) is 12.1 Å². The zero-order valence-corrected chi connectivity index (χ0v) is 10.6. The highest BCUT2D eigenvalue weighted by molar-refractivity contribution is 5.86. The smallest absolute Gasteiger partial charge is 0.226 e. The highest BCUT2D eigenvalue weighted by Gasteiger charge is 2.17. The van der Waals surface area contributed by atoms with E-state index in [0.717, 1.165) is 30.6 Å². The van der Waals surface area contributed by atoms with Crippen LogP contribution in [0.3, 0.4) is 0 Å². The van der Waals surface area contributed by atoms with E-state index >= 15 is 0 Å². The Morgan fingerprint density at radius 3 is 3.16 bits per heavy atom. The maximum absolute atomic E-state index is 11.9. The number of rotatable bonds is 4. The topological polar surface area (TPSA) is 64.4 Å². The Hall–Kier alpha value is -1.88. The molecule has 1 aromatic heterocycles. The second kappa shape index (κ2) is 5.40. The molecule has 0 unspecified atom stereocenters. The predicted molar refractivity (Wildman–Crippen MR) is 69.6 cm³/mol. The first-order chi connectivity index (χ1) is 9.33. The van der Waals surface area contributed by atoms with E-state index in [1.165, 1.54) is 0 Å². The molecule has 19 heavy (non-hydrogen) atoms. The second-order valence-corrected chi connectivity index (χ2v) is 4.84. The van der Waals surface area contributed by atoms with Gasteiger partial charge in [0.15, 0.2) is 5.58 Å². The minimum atomic E-state index is -0.0223. The van der Waals surface area contributed by atoms with Crippen molar-refractivity contribution in [1.82, 2.24) is 10.5 Å². The lowest BCUT2D eigenvalue weighted by Crippen LogP contribution is -2.30. The van der Waals surface area contributed by atoms with Gasteiger partial charge in [-0.25, -0.2) is 0 Å². The van der Waals surface area contributed by atoms with Crippen LogP contribution >= 0.6 is 0 Å². The number of hydrogen-bond acceptors (Lipinski definition) is 4. The summed E-state index contributed by atoms with van der Waals surface area (Å²) in [5.41, 5.74) is 1.41. The van der Waals surface area contributed by atoms with E-state index in [-0.39, 0.29) is 12.3 Å². The molecule has 1 atom stereocenters. The minimum absolute atomic E-state index is 0.0223. The average Bonchev–Trinajstić information content (AvgIpc) is 3.07. The number of hydrogen-bond donors (Lipinski definition) is 1. The largest absolute Gasteiger partial charge is 0.381 e. The molecule has 3 rings (SSSR count). The van der Waals surface area contributed by atoms with Crippen LogP contribution in [0.15, 0.2) is 28.8 Å². The molecule has 1 saturated heterocycles. The Labute approximate surface area is 110 Å². The molecule has 5 heteroatoms. The lowest BCUT2D eigenvalue weighted by molar-refractivity contribution is -0.120. The fourth-order valence-electron chi connectivity index (χ4n) is 2.28. The number of aromatic nitrogens is 1. The molecule has 2 aromatic rings. The van der Waals surface area contributed by atoms with E-state index in [9.17, 15) is 4.79 Å². The molecule has 1 aliphatic rings. The van der Waals surface area contributed by atoms with Gasteiger partial charge in [0.25, 0.3) is 0 Å². The van der Waals surface area contributed by atoms with Gasteiger partial charge in [-0.1, -0.05) is 17.3 Å². The summed E-state index contributed by atoms with van der Waals surface area (Å²) in [7, 11) is 0. The van der Waals surface area contributed by atoms with Crippen LogP contribution in [0.2, 0.25) is 0 Å². The van der Waals surface area contributed by atoms with E-state index in [0.29, 0.717) is 18.2 Å². The lowest BCUT2D eigenvalue weighted by atomic mass is 10.1. The Morgan fingerprint density at radius 2 is 2.32 bits per heavy atom. The van der Waals surface area contributed by atoms with Gasteiger partial charge < -0.3 is 14.6 Å². The molecule has 100 valence electrons. The summed E-state index contributed by atoms with van der Waals surface area (Å²) >= 11 is 0. The second-order valence-electron chi connectivity index (χ2n) is 4.84. The molecule has 0 radical (unpaired) electrons. The molecule has 5 nitrogen and oxygen atoms in total. The van der Waals surface area contributed by atoms with Crippen molar-refractivity contribution < 1.29 is 14.1 Å². The van der Waals surface area contributed by atoms with E-state index in [2.05, 4.69) is 10.5 Å². The maximum Gasteiger partial charge on any atom is 0.226 e. The fraction of sp³-hybridized carbons (Fsp3) is 0.429. The van der Waals surface area contributed by atoms with Crippen molar-refractivity contribution >= 4 is 16.9 Å². The highest BCUT2D eigenvalue weighted by atomic mass is 16.5. The molecule has 1 amide bonds. The number of amides is 1. The van der Waals surface area contributed by atoms with Crippen LogP contribution in [0, 0.1) is 5.92 Å². The number of nitrogens with one attached hydrogen (secondary N) is 1. The normalized spacial score (nSPS) is 18.8. The van der Waals surface area contributed by atoms with Crippen LogP contribution in [-0.2, 0) is 16.0 Å². The van der Waals surface area contributed by atoms with Gasteiger partial charge in [-0.05, 0) is 18.6 Å². The number of para-hydroxylation sites is 1. The summed E-state index contributed by atoms with van der Waals surface area (Å²) in [6, 6.07) is 7.56. The van der Waals surface area contributed by atoms with Crippen molar-refractivity contribution in [1.29, 1.82) is 0 Å². The third kappa shape index (κ3) is 2.76. The van der Waals surface area contributed by atoms with Crippen LogP contribution in [0.4, 0.5) is 0 Å². The van der Waals surface area contributed by atoms with Gasteiger partial charge in [-0.15, -0.1) is 0 Å². The number of carbonyl (C=O) groups excluding carboxylic acids is 1. The van der Waals surface area contributed by atoms with Gasteiger partial charge in [0.1, 0.15) is 5.69 Å². The van der Waals surface area contributed by atoms with Gasteiger partial charge in [-0.2, -0.15) is 0 Å². The molecule has 1 N–H and O–H groups in total. The summed E-state index contributed by atoms with van der Waals surface area (Å²) in [4.78, 5) is 11.9. The number of carbonyl (C=O) groups is 1. The van der Waals surface area contributed by atoms with Gasteiger partial charge in [0.05, 0.1) is 13.0 Å². The summed E-state index contributed by atoms with van der Waals surface area (Å²) in [5, 5.41) is 7.79. The number of nitrogens with zero attached hydrogens (tertiary/aromatic N) is 1. The maximum atomic E-state index is 11.9. The first kappa shape index (κ1) is 12.2. The van der Waals surface area contributed by atoms with Gasteiger partial charge in [0.2, 0.25) is 5.91 Å². The number of ether oxygens (including phenoxy) is 1.